The Bertz CT molecular complexity index is 847. The fraction of sp³-hybridized carbons (Fsp3) is 0.556. The molecule has 174 valence electrons. The highest BCUT2D eigenvalue weighted by Crippen LogP contribution is 2.36. The molecule has 2 aliphatic rings. The first-order valence-corrected chi connectivity index (χ1v) is 12.2. The van der Waals surface area contributed by atoms with E-state index in [0.29, 0.717) is 17.5 Å². The molecule has 0 amide bonds. The summed E-state index contributed by atoms with van der Waals surface area (Å²) >= 11 is 0. The van der Waals surface area contributed by atoms with Crippen LogP contribution in [0.2, 0.25) is 0 Å². The Labute approximate surface area is 192 Å². The molecule has 2 unspecified atom stereocenters. The highest BCUT2D eigenvalue weighted by atomic mass is 19.1. The van der Waals surface area contributed by atoms with E-state index in [2.05, 4.69) is 21.9 Å². The van der Waals surface area contributed by atoms with Gasteiger partial charge in [-0.2, -0.15) is 0 Å². The Hall–Kier alpha value is -2.11. The van der Waals surface area contributed by atoms with Gasteiger partial charge >= 0.3 is 0 Å². The smallest absolute Gasteiger partial charge is 0.142 e. The summed E-state index contributed by atoms with van der Waals surface area (Å²) in [6.45, 7) is 3.86. The zero-order valence-corrected chi connectivity index (χ0v) is 19.3. The quantitative estimate of drug-likeness (QED) is 0.622. The van der Waals surface area contributed by atoms with Crippen LogP contribution in [0.25, 0.3) is 0 Å². The van der Waals surface area contributed by atoms with Gasteiger partial charge in [0, 0.05) is 38.1 Å². The van der Waals surface area contributed by atoms with Gasteiger partial charge in [0.05, 0.1) is 19.4 Å². The van der Waals surface area contributed by atoms with Crippen molar-refractivity contribution in [2.45, 2.75) is 50.5 Å². The SMILES string of the molecule is COc1ccccc1N1CCN(C(CC(CO)c2ccccc2F)C2CCCCC2)CC1. The molecule has 32 heavy (non-hydrogen) atoms. The minimum absolute atomic E-state index is 0.00860. The number of anilines is 1. The highest BCUT2D eigenvalue weighted by molar-refractivity contribution is 5.58. The molecule has 2 aromatic rings. The predicted molar refractivity (Wildman–Crippen MR) is 128 cm³/mol. The molecule has 0 aromatic heterocycles. The maximum atomic E-state index is 14.5. The van der Waals surface area contributed by atoms with Gasteiger partial charge < -0.3 is 14.7 Å². The van der Waals surface area contributed by atoms with Gasteiger partial charge in [-0.15, -0.1) is 0 Å². The van der Waals surface area contributed by atoms with Crippen LogP contribution in [0.4, 0.5) is 10.1 Å². The molecule has 1 saturated carbocycles. The van der Waals surface area contributed by atoms with Gasteiger partial charge in [0.15, 0.2) is 0 Å². The van der Waals surface area contributed by atoms with Crippen LogP contribution in [-0.4, -0.2) is 55.9 Å². The van der Waals surface area contributed by atoms with E-state index in [0.717, 1.165) is 44.0 Å². The number of rotatable bonds is 8. The van der Waals surface area contributed by atoms with Gasteiger partial charge in [0.25, 0.3) is 0 Å². The second-order valence-electron chi connectivity index (χ2n) is 9.30. The summed E-state index contributed by atoms with van der Waals surface area (Å²) in [6, 6.07) is 15.6. The third-order valence-electron chi connectivity index (χ3n) is 7.49. The van der Waals surface area contributed by atoms with E-state index < -0.39 is 0 Å². The molecule has 5 heteroatoms. The van der Waals surface area contributed by atoms with Gasteiger partial charge in [-0.05, 0) is 48.9 Å². The number of halogens is 1. The Morgan fingerprint density at radius 3 is 2.34 bits per heavy atom. The molecule has 2 aromatic carbocycles. The minimum Gasteiger partial charge on any atom is -0.495 e. The van der Waals surface area contributed by atoms with Crippen molar-refractivity contribution in [1.29, 1.82) is 0 Å². The van der Waals surface area contributed by atoms with Crippen LogP contribution < -0.4 is 9.64 Å². The molecular weight excluding hydrogens is 403 g/mol. The molecule has 1 aliphatic heterocycles. The number of hydrogen-bond donors (Lipinski definition) is 1. The Morgan fingerprint density at radius 1 is 0.969 bits per heavy atom. The van der Waals surface area contributed by atoms with Crippen LogP contribution in [0.3, 0.4) is 0 Å². The summed E-state index contributed by atoms with van der Waals surface area (Å²) in [5.41, 5.74) is 1.81. The maximum Gasteiger partial charge on any atom is 0.142 e. The van der Waals surface area contributed by atoms with E-state index >= 15 is 0 Å². The molecule has 1 heterocycles. The highest BCUT2D eigenvalue weighted by Gasteiger charge is 2.34. The fourth-order valence-corrected chi connectivity index (χ4v) is 5.74. The van der Waals surface area contributed by atoms with Gasteiger partial charge in [-0.1, -0.05) is 49.6 Å². The molecule has 1 aliphatic carbocycles. The van der Waals surface area contributed by atoms with Crippen molar-refractivity contribution in [2.24, 2.45) is 5.92 Å². The summed E-state index contributed by atoms with van der Waals surface area (Å²) in [7, 11) is 1.73. The monoisotopic (exact) mass is 440 g/mol. The number of aliphatic hydroxyl groups excluding tert-OH is 1. The van der Waals surface area contributed by atoms with E-state index in [-0.39, 0.29) is 18.3 Å². The van der Waals surface area contributed by atoms with Crippen LogP contribution in [0.5, 0.6) is 5.75 Å². The normalized spacial score (nSPS) is 20.2. The second kappa shape index (κ2) is 11.2. The molecule has 4 rings (SSSR count). The number of hydrogen-bond acceptors (Lipinski definition) is 4. The van der Waals surface area contributed by atoms with Crippen LogP contribution >= 0.6 is 0 Å². The van der Waals surface area contributed by atoms with Crippen LogP contribution in [0.15, 0.2) is 48.5 Å². The van der Waals surface area contributed by atoms with Crippen molar-refractivity contribution >= 4 is 5.69 Å². The van der Waals surface area contributed by atoms with Crippen molar-refractivity contribution in [3.05, 3.63) is 59.9 Å². The third kappa shape index (κ3) is 5.26. The van der Waals surface area contributed by atoms with E-state index in [1.807, 2.05) is 24.3 Å². The molecule has 2 fully saturated rings. The first-order chi connectivity index (χ1) is 15.7. The largest absolute Gasteiger partial charge is 0.495 e. The van der Waals surface area contributed by atoms with E-state index in [1.165, 1.54) is 38.2 Å². The van der Waals surface area contributed by atoms with Gasteiger partial charge in [-0.25, -0.2) is 4.39 Å². The molecule has 2 atom stereocenters. The lowest BCUT2D eigenvalue weighted by Gasteiger charge is -2.45. The fourth-order valence-electron chi connectivity index (χ4n) is 5.74. The lowest BCUT2D eigenvalue weighted by atomic mass is 9.78. The molecule has 1 saturated heterocycles. The number of ether oxygens (including phenoxy) is 1. The predicted octanol–water partition coefficient (Wildman–Crippen LogP) is 5.07. The van der Waals surface area contributed by atoms with Gasteiger partial charge in [0.2, 0.25) is 0 Å². The van der Waals surface area contributed by atoms with Crippen molar-refractivity contribution in [3.8, 4) is 5.75 Å². The van der Waals surface area contributed by atoms with Crippen LogP contribution in [0, 0.1) is 11.7 Å². The molecule has 0 spiro atoms. The van der Waals surface area contributed by atoms with Crippen molar-refractivity contribution < 1.29 is 14.2 Å². The number of methoxy groups -OCH3 is 1. The lowest BCUT2D eigenvalue weighted by molar-refractivity contribution is 0.0890. The molecule has 0 bridgehead atoms. The molecule has 0 radical (unpaired) electrons. The van der Waals surface area contributed by atoms with Crippen molar-refractivity contribution in [3.63, 3.8) is 0 Å². The van der Waals surface area contributed by atoms with Gasteiger partial charge in [0.1, 0.15) is 11.6 Å². The Kier molecular flexibility index (Phi) is 8.04. The van der Waals surface area contributed by atoms with Crippen LogP contribution in [0.1, 0.15) is 50.0 Å². The Morgan fingerprint density at radius 2 is 1.66 bits per heavy atom. The summed E-state index contributed by atoms with van der Waals surface area (Å²) < 4.78 is 20.1. The maximum absolute atomic E-state index is 14.5. The number of aliphatic hydroxyl groups is 1. The number of nitrogens with zero attached hydrogens (tertiary/aromatic N) is 2. The average molecular weight is 441 g/mol. The Balaban J connectivity index is 1.49. The molecule has 1 N–H and O–H groups in total. The number of benzene rings is 2. The summed E-state index contributed by atoms with van der Waals surface area (Å²) in [4.78, 5) is 5.03. The first kappa shape index (κ1) is 23.1. The standard InChI is InChI=1S/C27H37FN2O2/c1-32-27-14-8-7-13-25(27)29-15-17-30(18-16-29)26(21-9-3-2-4-10-21)19-22(20-31)23-11-5-6-12-24(23)28/h5-8,11-14,21-22,26,31H,2-4,9-10,15-20H2,1H3. The van der Waals surface area contributed by atoms with Gasteiger partial charge in [-0.3, -0.25) is 4.90 Å². The summed E-state index contributed by atoms with van der Waals surface area (Å²) in [5.74, 6) is 1.19. The number of para-hydroxylation sites is 2. The van der Waals surface area contributed by atoms with Crippen LogP contribution in [-0.2, 0) is 0 Å². The van der Waals surface area contributed by atoms with E-state index in [9.17, 15) is 9.50 Å². The second-order valence-corrected chi connectivity index (χ2v) is 9.30. The summed E-state index contributed by atoms with van der Waals surface area (Å²) in [6.07, 6.45) is 7.19. The van der Waals surface area contributed by atoms with Crippen molar-refractivity contribution in [2.75, 3.05) is 44.8 Å². The molecule has 4 nitrogen and oxygen atoms in total. The zero-order valence-electron chi connectivity index (χ0n) is 19.3. The van der Waals surface area contributed by atoms with E-state index in [4.69, 9.17) is 4.74 Å². The average Bonchev–Trinajstić information content (AvgIpc) is 2.86. The topological polar surface area (TPSA) is 35.9 Å². The minimum atomic E-state index is -0.199. The zero-order chi connectivity index (χ0) is 22.3. The summed E-state index contributed by atoms with van der Waals surface area (Å²) in [5, 5.41) is 10.2. The third-order valence-corrected chi connectivity index (χ3v) is 7.49. The first-order valence-electron chi connectivity index (χ1n) is 12.2. The molecular formula is C27H37FN2O2. The number of piperazine rings is 1. The van der Waals surface area contributed by atoms with E-state index in [1.54, 1.807) is 13.2 Å². The lowest BCUT2D eigenvalue weighted by Crippen LogP contribution is -2.53. The van der Waals surface area contributed by atoms with Crippen molar-refractivity contribution in [1.82, 2.24) is 4.90 Å².